The summed E-state index contributed by atoms with van der Waals surface area (Å²) in [7, 11) is 0. The van der Waals surface area contributed by atoms with Crippen molar-refractivity contribution in [1.29, 1.82) is 0 Å². The van der Waals surface area contributed by atoms with Crippen LogP contribution in [0.5, 0.6) is 0 Å². The number of unbranched alkanes of at least 4 members (excludes halogenated alkanes) is 7. The van der Waals surface area contributed by atoms with Crippen LogP contribution in [0.4, 0.5) is 0 Å². The van der Waals surface area contributed by atoms with Gasteiger partial charge >= 0.3 is 0 Å². The molecule has 0 rings (SSSR count). The second kappa shape index (κ2) is 13.3. The molecule has 0 heterocycles. The first-order chi connectivity index (χ1) is 8.70. The predicted octanol–water partition coefficient (Wildman–Crippen LogP) is 2.80. The molecule has 3 heteroatoms. The minimum absolute atomic E-state index is 0.184. The lowest BCUT2D eigenvalue weighted by molar-refractivity contribution is 0.110. The molecule has 18 heavy (non-hydrogen) atoms. The van der Waals surface area contributed by atoms with E-state index < -0.39 is 0 Å². The van der Waals surface area contributed by atoms with E-state index in [9.17, 15) is 5.11 Å². The maximum atomic E-state index is 9.35. The minimum atomic E-state index is -0.300. The first kappa shape index (κ1) is 17.9. The summed E-state index contributed by atoms with van der Waals surface area (Å²) in [5.41, 5.74) is 0. The van der Waals surface area contributed by atoms with Gasteiger partial charge in [0, 0.05) is 13.1 Å². The number of aliphatic hydroxyl groups is 2. The third-order valence-corrected chi connectivity index (χ3v) is 3.27. The van der Waals surface area contributed by atoms with Crippen molar-refractivity contribution in [3.8, 4) is 0 Å². The number of aliphatic hydroxyl groups excluding tert-OH is 2. The van der Waals surface area contributed by atoms with Gasteiger partial charge in [-0.15, -0.1) is 0 Å². The normalized spacial score (nSPS) is 13.2. The third-order valence-electron chi connectivity index (χ3n) is 3.27. The first-order valence-corrected chi connectivity index (χ1v) is 7.72. The van der Waals surface area contributed by atoms with Crippen molar-refractivity contribution in [2.24, 2.45) is 0 Å². The zero-order chi connectivity index (χ0) is 13.6. The Kier molecular flexibility index (Phi) is 13.2. The Morgan fingerprint density at radius 1 is 0.889 bits per heavy atom. The average Bonchev–Trinajstić information content (AvgIpc) is 2.32. The second-order valence-corrected chi connectivity index (χ2v) is 5.35. The summed E-state index contributed by atoms with van der Waals surface area (Å²) in [6, 6.07) is 0. The quantitative estimate of drug-likeness (QED) is 0.500. The Balaban J connectivity index is 3.37. The molecule has 2 N–H and O–H groups in total. The molecule has 0 bridgehead atoms. The van der Waals surface area contributed by atoms with Gasteiger partial charge in [0.25, 0.3) is 0 Å². The van der Waals surface area contributed by atoms with Crippen LogP contribution in [0.2, 0.25) is 0 Å². The molecular formula is C15H33NO2. The minimum Gasteiger partial charge on any atom is -0.395 e. The molecule has 0 aliphatic carbocycles. The van der Waals surface area contributed by atoms with Crippen molar-refractivity contribution in [3.05, 3.63) is 0 Å². The highest BCUT2D eigenvalue weighted by Crippen LogP contribution is 2.09. The van der Waals surface area contributed by atoms with E-state index in [0.717, 1.165) is 6.54 Å². The molecule has 0 aliphatic rings. The van der Waals surface area contributed by atoms with Crippen molar-refractivity contribution < 1.29 is 10.2 Å². The van der Waals surface area contributed by atoms with Gasteiger partial charge in [-0.2, -0.15) is 0 Å². The smallest absolute Gasteiger partial charge is 0.0639 e. The van der Waals surface area contributed by atoms with Crippen molar-refractivity contribution >= 4 is 0 Å². The van der Waals surface area contributed by atoms with E-state index >= 15 is 0 Å². The number of rotatable bonds is 13. The first-order valence-electron chi connectivity index (χ1n) is 7.72. The molecule has 110 valence electrons. The largest absolute Gasteiger partial charge is 0.395 e. The van der Waals surface area contributed by atoms with Crippen LogP contribution in [-0.2, 0) is 0 Å². The van der Waals surface area contributed by atoms with Gasteiger partial charge in [0.2, 0.25) is 0 Å². The monoisotopic (exact) mass is 259 g/mol. The van der Waals surface area contributed by atoms with Crippen molar-refractivity contribution in [2.45, 2.75) is 71.3 Å². The summed E-state index contributed by atoms with van der Waals surface area (Å²) < 4.78 is 0. The van der Waals surface area contributed by atoms with Crippen LogP contribution < -0.4 is 0 Å². The Hall–Kier alpha value is -0.120. The Labute approximate surface area is 113 Å². The molecule has 3 nitrogen and oxygen atoms in total. The number of nitrogens with zero attached hydrogens (tertiary/aromatic N) is 1. The molecule has 0 spiro atoms. The van der Waals surface area contributed by atoms with Crippen molar-refractivity contribution in [3.63, 3.8) is 0 Å². The molecule has 0 amide bonds. The van der Waals surface area contributed by atoms with Crippen LogP contribution >= 0.6 is 0 Å². The number of hydrogen-bond acceptors (Lipinski definition) is 3. The van der Waals surface area contributed by atoms with E-state index in [0.29, 0.717) is 13.1 Å². The molecule has 0 saturated heterocycles. The molecular weight excluding hydrogens is 226 g/mol. The fourth-order valence-electron chi connectivity index (χ4n) is 2.28. The summed E-state index contributed by atoms with van der Waals surface area (Å²) in [5.74, 6) is 0. The zero-order valence-corrected chi connectivity index (χ0v) is 12.4. The SMILES string of the molecule is CCCCCCCCCCN(CCO)CC(C)O. The average molecular weight is 259 g/mol. The second-order valence-electron chi connectivity index (χ2n) is 5.35. The summed E-state index contributed by atoms with van der Waals surface area (Å²) in [5, 5.41) is 18.3. The fraction of sp³-hybridized carbons (Fsp3) is 1.00. The zero-order valence-electron chi connectivity index (χ0n) is 12.4. The summed E-state index contributed by atoms with van der Waals surface area (Å²) in [4.78, 5) is 2.15. The van der Waals surface area contributed by atoms with E-state index in [-0.39, 0.29) is 12.7 Å². The molecule has 0 aromatic rings. The van der Waals surface area contributed by atoms with E-state index in [2.05, 4.69) is 11.8 Å². The van der Waals surface area contributed by atoms with Crippen LogP contribution in [0.1, 0.15) is 65.2 Å². The van der Waals surface area contributed by atoms with Crippen molar-refractivity contribution in [1.82, 2.24) is 4.90 Å². The summed E-state index contributed by atoms with van der Waals surface area (Å²) in [6.07, 6.45) is 10.3. The van der Waals surface area contributed by atoms with Gasteiger partial charge < -0.3 is 10.2 Å². The van der Waals surface area contributed by atoms with Crippen LogP contribution in [-0.4, -0.2) is 47.5 Å². The highest BCUT2D eigenvalue weighted by molar-refractivity contribution is 4.61. The Bertz CT molecular complexity index is 163. The molecule has 0 saturated carbocycles. The maximum Gasteiger partial charge on any atom is 0.0639 e. The van der Waals surface area contributed by atoms with Crippen LogP contribution in [0.25, 0.3) is 0 Å². The predicted molar refractivity (Wildman–Crippen MR) is 77.8 cm³/mol. The summed E-state index contributed by atoms with van der Waals surface area (Å²) in [6.45, 7) is 6.60. The highest BCUT2D eigenvalue weighted by atomic mass is 16.3. The van der Waals surface area contributed by atoms with Crippen LogP contribution in [0.3, 0.4) is 0 Å². The molecule has 0 aliphatic heterocycles. The van der Waals surface area contributed by atoms with E-state index in [1.807, 2.05) is 0 Å². The Morgan fingerprint density at radius 2 is 1.44 bits per heavy atom. The van der Waals surface area contributed by atoms with Gasteiger partial charge in [0.05, 0.1) is 12.7 Å². The molecule has 1 unspecified atom stereocenters. The lowest BCUT2D eigenvalue weighted by Crippen LogP contribution is -2.34. The van der Waals surface area contributed by atoms with E-state index in [1.165, 1.54) is 51.4 Å². The fourth-order valence-corrected chi connectivity index (χ4v) is 2.28. The van der Waals surface area contributed by atoms with Gasteiger partial charge in [0.15, 0.2) is 0 Å². The number of hydrogen-bond donors (Lipinski definition) is 2. The van der Waals surface area contributed by atoms with Gasteiger partial charge in [-0.3, -0.25) is 4.90 Å². The lowest BCUT2D eigenvalue weighted by Gasteiger charge is -2.22. The van der Waals surface area contributed by atoms with Crippen LogP contribution in [0, 0.1) is 0 Å². The van der Waals surface area contributed by atoms with Gasteiger partial charge in [-0.1, -0.05) is 51.9 Å². The molecule has 0 radical (unpaired) electrons. The third kappa shape index (κ3) is 12.3. The van der Waals surface area contributed by atoms with E-state index in [4.69, 9.17) is 5.11 Å². The van der Waals surface area contributed by atoms with Crippen LogP contribution in [0.15, 0.2) is 0 Å². The highest BCUT2D eigenvalue weighted by Gasteiger charge is 2.06. The molecule has 0 aromatic carbocycles. The molecule has 0 aromatic heterocycles. The topological polar surface area (TPSA) is 43.7 Å². The van der Waals surface area contributed by atoms with Gasteiger partial charge in [-0.25, -0.2) is 0 Å². The van der Waals surface area contributed by atoms with Gasteiger partial charge in [-0.05, 0) is 19.9 Å². The Morgan fingerprint density at radius 3 is 1.94 bits per heavy atom. The summed E-state index contributed by atoms with van der Waals surface area (Å²) >= 11 is 0. The standard InChI is InChI=1S/C15H33NO2/c1-3-4-5-6-7-8-9-10-11-16(12-13-17)14-15(2)18/h15,17-18H,3-14H2,1-2H3. The molecule has 0 fully saturated rings. The lowest BCUT2D eigenvalue weighted by atomic mass is 10.1. The van der Waals surface area contributed by atoms with Gasteiger partial charge in [0.1, 0.15) is 0 Å². The maximum absolute atomic E-state index is 9.35. The van der Waals surface area contributed by atoms with E-state index in [1.54, 1.807) is 6.92 Å². The van der Waals surface area contributed by atoms with Crippen molar-refractivity contribution in [2.75, 3.05) is 26.2 Å². The molecule has 1 atom stereocenters.